The summed E-state index contributed by atoms with van der Waals surface area (Å²) in [6, 6.07) is 19.8. The molecule has 2 nitrogen and oxygen atoms in total. The van der Waals surface area contributed by atoms with Crippen LogP contribution >= 0.6 is 0 Å². The van der Waals surface area contributed by atoms with Crippen LogP contribution in [0.25, 0.3) is 28.2 Å². The fourth-order valence-electron chi connectivity index (χ4n) is 2.77. The Labute approximate surface area is 148 Å². The van der Waals surface area contributed by atoms with Gasteiger partial charge in [-0.15, -0.1) is 0 Å². The van der Waals surface area contributed by atoms with Gasteiger partial charge in [0, 0.05) is 11.1 Å². The molecule has 0 aliphatic rings. The molecule has 5 heteroatoms. The molecule has 3 aromatic carbocycles. The second-order valence-electron chi connectivity index (χ2n) is 5.82. The zero-order chi connectivity index (χ0) is 18.1. The van der Waals surface area contributed by atoms with Crippen LogP contribution in [0, 0.1) is 17.5 Å². The SMILES string of the molecule is Fc1ccc(-c2cc(-c3ccc(F)cc3)n(-c3cccc(F)c3)n2)cc1. The lowest BCUT2D eigenvalue weighted by Crippen LogP contribution is -1.99. The minimum atomic E-state index is -0.383. The topological polar surface area (TPSA) is 17.8 Å². The number of hydrogen-bond donors (Lipinski definition) is 0. The van der Waals surface area contributed by atoms with Gasteiger partial charge in [0.2, 0.25) is 0 Å². The number of benzene rings is 3. The lowest BCUT2D eigenvalue weighted by atomic mass is 10.1. The Hall–Kier alpha value is -3.34. The number of aromatic nitrogens is 2. The highest BCUT2D eigenvalue weighted by atomic mass is 19.1. The molecule has 0 saturated heterocycles. The van der Waals surface area contributed by atoms with Crippen LogP contribution < -0.4 is 0 Å². The molecular formula is C21H13F3N2. The van der Waals surface area contributed by atoms with Crippen molar-refractivity contribution in [3.63, 3.8) is 0 Å². The van der Waals surface area contributed by atoms with Crippen molar-refractivity contribution in [1.29, 1.82) is 0 Å². The summed E-state index contributed by atoms with van der Waals surface area (Å²) in [4.78, 5) is 0. The van der Waals surface area contributed by atoms with E-state index in [9.17, 15) is 13.2 Å². The van der Waals surface area contributed by atoms with E-state index in [0.717, 1.165) is 11.1 Å². The van der Waals surface area contributed by atoms with Crippen LogP contribution in [-0.4, -0.2) is 9.78 Å². The first-order chi connectivity index (χ1) is 12.6. The molecule has 1 aromatic heterocycles. The van der Waals surface area contributed by atoms with E-state index in [2.05, 4.69) is 5.10 Å². The zero-order valence-electron chi connectivity index (χ0n) is 13.5. The highest BCUT2D eigenvalue weighted by Gasteiger charge is 2.14. The van der Waals surface area contributed by atoms with Crippen LogP contribution in [0.1, 0.15) is 0 Å². The van der Waals surface area contributed by atoms with Gasteiger partial charge in [-0.25, -0.2) is 17.9 Å². The monoisotopic (exact) mass is 350 g/mol. The number of nitrogens with zero attached hydrogens (tertiary/aromatic N) is 2. The van der Waals surface area contributed by atoms with Gasteiger partial charge in [-0.2, -0.15) is 5.10 Å². The standard InChI is InChI=1S/C21H13F3N2/c22-16-8-4-14(5-9-16)20-13-21(15-6-10-17(23)11-7-15)26(25-20)19-3-1-2-18(24)12-19/h1-13H. The lowest BCUT2D eigenvalue weighted by Gasteiger charge is -2.07. The summed E-state index contributed by atoms with van der Waals surface area (Å²) in [5.41, 5.74) is 3.28. The summed E-state index contributed by atoms with van der Waals surface area (Å²) in [7, 11) is 0. The molecule has 0 aliphatic heterocycles. The third-order valence-corrected chi connectivity index (χ3v) is 4.04. The molecule has 0 fully saturated rings. The fourth-order valence-corrected chi connectivity index (χ4v) is 2.77. The predicted molar refractivity (Wildman–Crippen MR) is 94.3 cm³/mol. The van der Waals surface area contributed by atoms with Crippen molar-refractivity contribution in [3.05, 3.63) is 96.3 Å². The molecule has 4 rings (SSSR count). The number of hydrogen-bond acceptors (Lipinski definition) is 1. The van der Waals surface area contributed by atoms with Gasteiger partial charge in [0.15, 0.2) is 0 Å². The van der Waals surface area contributed by atoms with Crippen LogP contribution in [0.15, 0.2) is 78.9 Å². The van der Waals surface area contributed by atoms with Crippen molar-refractivity contribution < 1.29 is 13.2 Å². The van der Waals surface area contributed by atoms with E-state index < -0.39 is 0 Å². The van der Waals surface area contributed by atoms with Gasteiger partial charge in [0.05, 0.1) is 17.1 Å². The molecule has 26 heavy (non-hydrogen) atoms. The molecule has 4 aromatic rings. The first-order valence-corrected chi connectivity index (χ1v) is 7.98. The smallest absolute Gasteiger partial charge is 0.125 e. The molecule has 0 radical (unpaired) electrons. The minimum absolute atomic E-state index is 0.336. The molecule has 0 aliphatic carbocycles. The Morgan fingerprint density at radius 1 is 0.615 bits per heavy atom. The Balaban J connectivity index is 1.90. The maximum Gasteiger partial charge on any atom is 0.125 e. The van der Waals surface area contributed by atoms with E-state index in [0.29, 0.717) is 17.1 Å². The number of halogens is 3. The molecule has 0 bridgehead atoms. The molecule has 0 amide bonds. The van der Waals surface area contributed by atoms with Crippen LogP contribution in [-0.2, 0) is 0 Å². The van der Waals surface area contributed by atoms with E-state index in [-0.39, 0.29) is 17.5 Å². The van der Waals surface area contributed by atoms with Gasteiger partial charge in [-0.3, -0.25) is 0 Å². The van der Waals surface area contributed by atoms with Gasteiger partial charge in [-0.1, -0.05) is 6.07 Å². The third-order valence-electron chi connectivity index (χ3n) is 4.04. The van der Waals surface area contributed by atoms with E-state index in [4.69, 9.17) is 0 Å². The van der Waals surface area contributed by atoms with E-state index in [1.165, 1.54) is 36.4 Å². The van der Waals surface area contributed by atoms with Gasteiger partial charge >= 0.3 is 0 Å². The van der Waals surface area contributed by atoms with Crippen molar-refractivity contribution in [2.24, 2.45) is 0 Å². The van der Waals surface area contributed by atoms with Gasteiger partial charge < -0.3 is 0 Å². The Kier molecular flexibility index (Phi) is 4.05. The highest BCUT2D eigenvalue weighted by molar-refractivity contribution is 5.70. The van der Waals surface area contributed by atoms with Crippen molar-refractivity contribution in [1.82, 2.24) is 9.78 Å². The normalized spacial score (nSPS) is 10.9. The maximum atomic E-state index is 13.7. The average Bonchev–Trinajstić information content (AvgIpc) is 3.08. The minimum Gasteiger partial charge on any atom is -0.232 e. The van der Waals surface area contributed by atoms with Gasteiger partial charge in [-0.05, 0) is 72.8 Å². The molecular weight excluding hydrogens is 337 g/mol. The first kappa shape index (κ1) is 16.1. The Morgan fingerprint density at radius 3 is 1.85 bits per heavy atom. The van der Waals surface area contributed by atoms with E-state index >= 15 is 0 Å². The van der Waals surface area contributed by atoms with Crippen molar-refractivity contribution in [2.75, 3.05) is 0 Å². The molecule has 0 N–H and O–H groups in total. The largest absolute Gasteiger partial charge is 0.232 e. The van der Waals surface area contributed by atoms with E-state index in [1.54, 1.807) is 41.1 Å². The summed E-state index contributed by atoms with van der Waals surface area (Å²) in [6.07, 6.45) is 0. The third kappa shape index (κ3) is 3.11. The van der Waals surface area contributed by atoms with Gasteiger partial charge in [0.1, 0.15) is 17.5 Å². The predicted octanol–water partition coefficient (Wildman–Crippen LogP) is 5.62. The Bertz CT molecular complexity index is 1050. The van der Waals surface area contributed by atoms with Gasteiger partial charge in [0.25, 0.3) is 0 Å². The molecule has 0 saturated carbocycles. The maximum absolute atomic E-state index is 13.7. The summed E-state index contributed by atoms with van der Waals surface area (Å²) < 4.78 is 41.7. The molecule has 0 atom stereocenters. The van der Waals surface area contributed by atoms with Crippen LogP contribution in [0.2, 0.25) is 0 Å². The molecule has 0 spiro atoms. The van der Waals surface area contributed by atoms with E-state index in [1.807, 2.05) is 6.07 Å². The molecule has 0 unspecified atom stereocenters. The summed E-state index contributed by atoms with van der Waals surface area (Å²) >= 11 is 0. The highest BCUT2D eigenvalue weighted by Crippen LogP contribution is 2.29. The van der Waals surface area contributed by atoms with Crippen molar-refractivity contribution in [3.8, 4) is 28.2 Å². The van der Waals surface area contributed by atoms with Crippen LogP contribution in [0.4, 0.5) is 13.2 Å². The molecule has 128 valence electrons. The quantitative estimate of drug-likeness (QED) is 0.469. The summed E-state index contributed by atoms with van der Waals surface area (Å²) in [5.74, 6) is -1.06. The summed E-state index contributed by atoms with van der Waals surface area (Å²) in [6.45, 7) is 0. The summed E-state index contributed by atoms with van der Waals surface area (Å²) in [5, 5.41) is 4.55. The average molecular weight is 350 g/mol. The van der Waals surface area contributed by atoms with Crippen molar-refractivity contribution >= 4 is 0 Å². The van der Waals surface area contributed by atoms with Crippen LogP contribution in [0.3, 0.4) is 0 Å². The second kappa shape index (κ2) is 6.52. The lowest BCUT2D eigenvalue weighted by molar-refractivity contribution is 0.625. The van der Waals surface area contributed by atoms with Crippen LogP contribution in [0.5, 0.6) is 0 Å². The van der Waals surface area contributed by atoms with Crippen molar-refractivity contribution in [2.45, 2.75) is 0 Å². The molecule has 1 heterocycles. The zero-order valence-corrected chi connectivity index (χ0v) is 13.5. The Morgan fingerprint density at radius 2 is 1.23 bits per heavy atom. The first-order valence-electron chi connectivity index (χ1n) is 7.98. The number of rotatable bonds is 3. The fraction of sp³-hybridized carbons (Fsp3) is 0. The second-order valence-corrected chi connectivity index (χ2v) is 5.82.